The number of ether oxygens (including phenoxy) is 2. The SMILES string of the molecule is COc1ccc([C@H](C)n2c(=O)[nH]c3c(-c4ccccn4)nsc3c2=O)cc1OC. The first-order chi connectivity index (χ1) is 14.0. The fourth-order valence-electron chi connectivity index (χ4n) is 3.21. The van der Waals surface area contributed by atoms with E-state index in [0.717, 1.165) is 17.1 Å². The van der Waals surface area contributed by atoms with E-state index in [9.17, 15) is 9.59 Å². The third-order valence-electron chi connectivity index (χ3n) is 4.74. The van der Waals surface area contributed by atoms with E-state index in [1.165, 1.54) is 11.7 Å². The van der Waals surface area contributed by atoms with Crippen molar-refractivity contribution in [1.29, 1.82) is 0 Å². The van der Waals surface area contributed by atoms with Crippen molar-refractivity contribution in [2.24, 2.45) is 0 Å². The van der Waals surface area contributed by atoms with Crippen LogP contribution in [0.2, 0.25) is 0 Å². The molecule has 1 aromatic carbocycles. The van der Waals surface area contributed by atoms with Crippen LogP contribution in [0.3, 0.4) is 0 Å². The number of nitrogens with zero attached hydrogens (tertiary/aromatic N) is 3. The maximum Gasteiger partial charge on any atom is 0.329 e. The van der Waals surface area contributed by atoms with Gasteiger partial charge in [0.25, 0.3) is 5.56 Å². The molecule has 0 fully saturated rings. The second-order valence-corrected chi connectivity index (χ2v) is 7.12. The quantitative estimate of drug-likeness (QED) is 0.543. The lowest BCUT2D eigenvalue weighted by molar-refractivity contribution is 0.354. The molecule has 0 unspecified atom stereocenters. The third kappa shape index (κ3) is 3.19. The molecule has 3 heterocycles. The Hall–Kier alpha value is -3.46. The molecule has 0 saturated heterocycles. The molecule has 9 heteroatoms. The van der Waals surface area contributed by atoms with Gasteiger partial charge in [-0.2, -0.15) is 4.37 Å². The van der Waals surface area contributed by atoms with Gasteiger partial charge in [0.05, 0.1) is 31.5 Å². The number of hydrogen-bond donors (Lipinski definition) is 1. The highest BCUT2D eigenvalue weighted by atomic mass is 32.1. The summed E-state index contributed by atoms with van der Waals surface area (Å²) in [6.07, 6.45) is 1.64. The molecule has 4 aromatic rings. The standard InChI is InChI=1S/C20H18N4O4S/c1-11(12-7-8-14(27-2)15(10-12)28-3)24-19(25)18-17(22-20(24)26)16(23-29-18)13-6-4-5-9-21-13/h4-11H,1-3H3,(H,22,26)/t11-/m0/s1. The lowest BCUT2D eigenvalue weighted by Crippen LogP contribution is -2.37. The second kappa shape index (κ2) is 7.51. The van der Waals surface area contributed by atoms with Gasteiger partial charge in [-0.3, -0.25) is 14.3 Å². The molecule has 3 aromatic heterocycles. The van der Waals surface area contributed by atoms with E-state index in [1.807, 2.05) is 6.07 Å². The van der Waals surface area contributed by atoms with Gasteiger partial charge in [0.2, 0.25) is 0 Å². The molecule has 0 saturated carbocycles. The zero-order valence-electron chi connectivity index (χ0n) is 16.0. The van der Waals surface area contributed by atoms with Gasteiger partial charge in [-0.25, -0.2) is 4.79 Å². The monoisotopic (exact) mass is 410 g/mol. The molecule has 0 aliphatic carbocycles. The van der Waals surface area contributed by atoms with Crippen molar-refractivity contribution >= 4 is 21.7 Å². The first-order valence-corrected chi connectivity index (χ1v) is 9.60. The van der Waals surface area contributed by atoms with E-state index in [4.69, 9.17) is 9.47 Å². The number of aromatic nitrogens is 4. The van der Waals surface area contributed by atoms with E-state index < -0.39 is 17.3 Å². The Kier molecular flexibility index (Phi) is 4.89. The number of nitrogens with one attached hydrogen (secondary N) is 1. The molecule has 4 rings (SSSR count). The van der Waals surface area contributed by atoms with Crippen molar-refractivity contribution in [3.63, 3.8) is 0 Å². The molecule has 0 aliphatic heterocycles. The van der Waals surface area contributed by atoms with Crippen LogP contribution in [0, 0.1) is 0 Å². The fraction of sp³-hybridized carbons (Fsp3) is 0.200. The van der Waals surface area contributed by atoms with Gasteiger partial charge in [0.1, 0.15) is 10.4 Å². The molecule has 0 spiro atoms. The number of pyridine rings is 1. The zero-order chi connectivity index (χ0) is 20.5. The van der Waals surface area contributed by atoms with Gasteiger partial charge >= 0.3 is 5.69 Å². The molecule has 0 amide bonds. The van der Waals surface area contributed by atoms with Crippen LogP contribution >= 0.6 is 11.5 Å². The van der Waals surface area contributed by atoms with E-state index in [-0.39, 0.29) is 0 Å². The van der Waals surface area contributed by atoms with E-state index in [2.05, 4.69) is 14.3 Å². The number of rotatable bonds is 5. The summed E-state index contributed by atoms with van der Waals surface area (Å²) in [5.74, 6) is 1.10. The lowest BCUT2D eigenvalue weighted by atomic mass is 10.1. The molecule has 29 heavy (non-hydrogen) atoms. The first kappa shape index (κ1) is 18.9. The van der Waals surface area contributed by atoms with Crippen LogP contribution in [0.4, 0.5) is 0 Å². The van der Waals surface area contributed by atoms with Crippen molar-refractivity contribution in [1.82, 2.24) is 18.9 Å². The Morgan fingerprint density at radius 1 is 1.10 bits per heavy atom. The highest BCUT2D eigenvalue weighted by molar-refractivity contribution is 7.13. The Morgan fingerprint density at radius 2 is 1.90 bits per heavy atom. The number of hydrogen-bond acceptors (Lipinski definition) is 7. The summed E-state index contributed by atoms with van der Waals surface area (Å²) in [7, 11) is 3.08. The Morgan fingerprint density at radius 3 is 2.59 bits per heavy atom. The minimum atomic E-state index is -0.518. The average molecular weight is 410 g/mol. The minimum absolute atomic E-state index is 0.373. The van der Waals surface area contributed by atoms with Crippen LogP contribution in [0.25, 0.3) is 21.6 Å². The predicted octanol–water partition coefficient (Wildman–Crippen LogP) is 2.83. The zero-order valence-corrected chi connectivity index (χ0v) is 16.8. The van der Waals surface area contributed by atoms with Gasteiger partial charge < -0.3 is 14.5 Å². The van der Waals surface area contributed by atoms with Crippen molar-refractivity contribution in [2.75, 3.05) is 14.2 Å². The van der Waals surface area contributed by atoms with Crippen LogP contribution < -0.4 is 20.7 Å². The highest BCUT2D eigenvalue weighted by Gasteiger charge is 2.21. The largest absolute Gasteiger partial charge is 0.493 e. The molecular formula is C20H18N4O4S. The average Bonchev–Trinajstić information content (AvgIpc) is 3.17. The van der Waals surface area contributed by atoms with Gasteiger partial charge in [0, 0.05) is 6.20 Å². The van der Waals surface area contributed by atoms with Gasteiger partial charge in [0.15, 0.2) is 11.5 Å². The molecule has 148 valence electrons. The molecule has 8 nitrogen and oxygen atoms in total. The highest BCUT2D eigenvalue weighted by Crippen LogP contribution is 2.31. The van der Waals surface area contributed by atoms with E-state index in [0.29, 0.717) is 33.1 Å². The molecule has 0 radical (unpaired) electrons. The third-order valence-corrected chi connectivity index (χ3v) is 5.58. The maximum atomic E-state index is 13.1. The summed E-state index contributed by atoms with van der Waals surface area (Å²) in [6.45, 7) is 1.78. The summed E-state index contributed by atoms with van der Waals surface area (Å²) in [6, 6.07) is 10.2. The molecule has 0 aliphatic rings. The predicted molar refractivity (Wildman–Crippen MR) is 111 cm³/mol. The van der Waals surface area contributed by atoms with E-state index >= 15 is 0 Å². The van der Waals surface area contributed by atoms with Crippen LogP contribution in [-0.2, 0) is 0 Å². The summed E-state index contributed by atoms with van der Waals surface area (Å²) >= 11 is 1.05. The first-order valence-electron chi connectivity index (χ1n) is 8.82. The molecular weight excluding hydrogens is 392 g/mol. The van der Waals surface area contributed by atoms with Crippen molar-refractivity contribution < 1.29 is 9.47 Å². The summed E-state index contributed by atoms with van der Waals surface area (Å²) in [4.78, 5) is 33.0. The Labute approximate surface area is 169 Å². The summed E-state index contributed by atoms with van der Waals surface area (Å²) < 4.78 is 16.5. The summed E-state index contributed by atoms with van der Waals surface area (Å²) in [5, 5.41) is 0. The normalized spacial score (nSPS) is 12.1. The molecule has 0 bridgehead atoms. The smallest absolute Gasteiger partial charge is 0.329 e. The van der Waals surface area contributed by atoms with Crippen LogP contribution in [0.5, 0.6) is 11.5 Å². The number of aromatic amines is 1. The van der Waals surface area contributed by atoms with Crippen molar-refractivity contribution in [3.8, 4) is 22.9 Å². The van der Waals surface area contributed by atoms with Gasteiger partial charge in [-0.05, 0) is 48.3 Å². The van der Waals surface area contributed by atoms with Gasteiger partial charge in [-0.15, -0.1) is 0 Å². The van der Waals surface area contributed by atoms with Crippen molar-refractivity contribution in [2.45, 2.75) is 13.0 Å². The Bertz CT molecular complexity index is 1290. The lowest BCUT2D eigenvalue weighted by Gasteiger charge is -2.16. The number of H-pyrrole nitrogens is 1. The minimum Gasteiger partial charge on any atom is -0.493 e. The second-order valence-electron chi connectivity index (χ2n) is 6.35. The maximum absolute atomic E-state index is 13.1. The summed E-state index contributed by atoms with van der Waals surface area (Å²) in [5.41, 5.74) is 1.32. The number of fused-ring (bicyclic) bond motifs is 1. The fourth-order valence-corrected chi connectivity index (χ4v) is 3.99. The van der Waals surface area contributed by atoms with Crippen LogP contribution in [-0.4, -0.2) is 33.1 Å². The number of methoxy groups -OCH3 is 2. The topological polar surface area (TPSA) is 99.1 Å². The van der Waals surface area contributed by atoms with E-state index in [1.54, 1.807) is 50.6 Å². The molecule has 1 N–H and O–H groups in total. The van der Waals surface area contributed by atoms with Crippen LogP contribution in [0.15, 0.2) is 52.2 Å². The Balaban J connectivity index is 1.85. The van der Waals surface area contributed by atoms with Crippen LogP contribution in [0.1, 0.15) is 18.5 Å². The number of benzene rings is 1. The van der Waals surface area contributed by atoms with Crippen molar-refractivity contribution in [3.05, 3.63) is 69.0 Å². The molecule has 1 atom stereocenters. The van der Waals surface area contributed by atoms with Gasteiger partial charge in [-0.1, -0.05) is 12.1 Å².